The third-order valence-corrected chi connectivity index (χ3v) is 4.82. The molecule has 1 aliphatic heterocycles. The van der Waals surface area contributed by atoms with Gasteiger partial charge in [0.2, 0.25) is 0 Å². The lowest BCUT2D eigenvalue weighted by Crippen LogP contribution is -2.36. The summed E-state index contributed by atoms with van der Waals surface area (Å²) in [5.74, 6) is -3.12. The van der Waals surface area contributed by atoms with E-state index in [1.807, 2.05) is 0 Å². The lowest BCUT2D eigenvalue weighted by Gasteiger charge is -2.31. The van der Waals surface area contributed by atoms with Crippen LogP contribution in [-0.4, -0.2) is 35.8 Å². The largest absolute Gasteiger partial charge is 0.465 e. The number of hydrogen-bond donors (Lipinski definition) is 0. The Morgan fingerprint density at radius 3 is 2.43 bits per heavy atom. The van der Waals surface area contributed by atoms with Crippen LogP contribution in [0.25, 0.3) is 0 Å². The zero-order chi connectivity index (χ0) is 21.0. The number of carbonyl (C=O) groups is 2. The van der Waals surface area contributed by atoms with Gasteiger partial charge in [-0.15, -0.1) is 0 Å². The fourth-order valence-corrected chi connectivity index (χ4v) is 3.62. The van der Waals surface area contributed by atoms with E-state index in [1.54, 1.807) is 33.8 Å². The molecular formula is C19H21ClN2O6. The summed E-state index contributed by atoms with van der Waals surface area (Å²) in [5.41, 5.74) is 0.877. The molecule has 0 radical (unpaired) electrons. The molecular weight excluding hydrogens is 388 g/mol. The van der Waals surface area contributed by atoms with Crippen LogP contribution in [-0.2, 0) is 19.1 Å². The van der Waals surface area contributed by atoms with Crippen molar-refractivity contribution < 1.29 is 24.0 Å². The van der Waals surface area contributed by atoms with E-state index in [2.05, 4.69) is 4.99 Å². The molecule has 2 unspecified atom stereocenters. The van der Waals surface area contributed by atoms with Gasteiger partial charge in [0, 0.05) is 23.4 Å². The maximum absolute atomic E-state index is 12.7. The van der Waals surface area contributed by atoms with Crippen molar-refractivity contribution >= 4 is 34.9 Å². The Kier molecular flexibility index (Phi) is 6.90. The summed E-state index contributed by atoms with van der Waals surface area (Å²) in [6.07, 6.45) is 0. The van der Waals surface area contributed by atoms with E-state index in [-0.39, 0.29) is 35.1 Å². The van der Waals surface area contributed by atoms with Gasteiger partial charge in [-0.05, 0) is 33.3 Å². The Labute approximate surface area is 167 Å². The van der Waals surface area contributed by atoms with Crippen molar-refractivity contribution in [2.75, 3.05) is 13.2 Å². The second-order valence-corrected chi connectivity index (χ2v) is 6.50. The highest BCUT2D eigenvalue weighted by molar-refractivity contribution is 6.33. The number of rotatable bonds is 6. The zero-order valence-corrected chi connectivity index (χ0v) is 16.8. The van der Waals surface area contributed by atoms with Crippen LogP contribution in [0.15, 0.2) is 34.5 Å². The number of halogens is 1. The minimum Gasteiger partial charge on any atom is -0.465 e. The summed E-state index contributed by atoms with van der Waals surface area (Å²) < 4.78 is 10.3. The minimum atomic E-state index is -0.956. The standard InChI is InChI=1S/C19H21ClN2O6/c1-5-27-18(23)14-10(3)21-11(4)15(19(24)28-6-2)16(14)12-8-7-9-13(17(12)20)22(25)26/h7-9,14,16H,5-6H2,1-4H3. The highest BCUT2D eigenvalue weighted by Gasteiger charge is 2.44. The number of esters is 2. The first-order chi connectivity index (χ1) is 13.2. The van der Waals surface area contributed by atoms with E-state index >= 15 is 0 Å². The van der Waals surface area contributed by atoms with Gasteiger partial charge in [-0.1, -0.05) is 23.7 Å². The molecule has 2 rings (SSSR count). The first-order valence-electron chi connectivity index (χ1n) is 8.77. The van der Waals surface area contributed by atoms with Crippen LogP contribution >= 0.6 is 11.6 Å². The van der Waals surface area contributed by atoms with Crippen LogP contribution in [0.3, 0.4) is 0 Å². The monoisotopic (exact) mass is 408 g/mol. The van der Waals surface area contributed by atoms with E-state index in [9.17, 15) is 19.7 Å². The number of nitro groups is 1. The summed E-state index contributed by atoms with van der Waals surface area (Å²) in [7, 11) is 0. The van der Waals surface area contributed by atoms with E-state index in [0.717, 1.165) is 0 Å². The number of nitrogens with zero attached hydrogens (tertiary/aromatic N) is 2. The average Bonchev–Trinajstić information content (AvgIpc) is 2.61. The third kappa shape index (κ3) is 4.06. The average molecular weight is 409 g/mol. The number of aliphatic imine (C=N–C) groups is 1. The minimum absolute atomic E-state index is 0.123. The molecule has 150 valence electrons. The molecule has 2 atom stereocenters. The van der Waals surface area contributed by atoms with Crippen LogP contribution < -0.4 is 0 Å². The predicted octanol–water partition coefficient (Wildman–Crippen LogP) is 3.82. The molecule has 0 saturated carbocycles. The lowest BCUT2D eigenvalue weighted by atomic mass is 9.75. The Hall–Kier alpha value is -2.74. The zero-order valence-electron chi connectivity index (χ0n) is 16.0. The number of nitro benzene ring substituents is 1. The van der Waals surface area contributed by atoms with Crippen LogP contribution in [0.2, 0.25) is 5.02 Å². The van der Waals surface area contributed by atoms with Crippen LogP contribution in [0, 0.1) is 16.0 Å². The van der Waals surface area contributed by atoms with Gasteiger partial charge in [0.15, 0.2) is 0 Å². The molecule has 0 aromatic heterocycles. The van der Waals surface area contributed by atoms with Crippen molar-refractivity contribution in [2.45, 2.75) is 33.6 Å². The molecule has 1 aromatic carbocycles. The molecule has 8 nitrogen and oxygen atoms in total. The molecule has 1 aromatic rings. The van der Waals surface area contributed by atoms with E-state index in [4.69, 9.17) is 21.1 Å². The number of ether oxygens (including phenoxy) is 2. The molecule has 0 aliphatic carbocycles. The Bertz CT molecular complexity index is 877. The molecule has 9 heteroatoms. The maximum atomic E-state index is 12.7. The highest BCUT2D eigenvalue weighted by atomic mass is 35.5. The van der Waals surface area contributed by atoms with Gasteiger partial charge in [0.05, 0.1) is 23.7 Å². The van der Waals surface area contributed by atoms with Crippen molar-refractivity contribution in [3.05, 3.63) is 50.2 Å². The fraction of sp³-hybridized carbons (Fsp3) is 0.421. The van der Waals surface area contributed by atoms with Crippen molar-refractivity contribution in [2.24, 2.45) is 10.9 Å². The topological polar surface area (TPSA) is 108 Å². The Morgan fingerprint density at radius 1 is 1.21 bits per heavy atom. The molecule has 0 N–H and O–H groups in total. The molecule has 0 amide bonds. The summed E-state index contributed by atoms with van der Waals surface area (Å²) in [5, 5.41) is 11.2. The fourth-order valence-electron chi connectivity index (χ4n) is 3.30. The van der Waals surface area contributed by atoms with Gasteiger partial charge in [-0.2, -0.15) is 0 Å². The summed E-state index contributed by atoms with van der Waals surface area (Å²) in [4.78, 5) is 40.4. The molecule has 0 fully saturated rings. The lowest BCUT2D eigenvalue weighted by molar-refractivity contribution is -0.384. The number of allylic oxidation sites excluding steroid dienone is 1. The number of hydrogen-bond acceptors (Lipinski definition) is 7. The molecule has 1 heterocycles. The smallest absolute Gasteiger partial charge is 0.336 e. The third-order valence-electron chi connectivity index (χ3n) is 4.40. The number of carbonyl (C=O) groups excluding carboxylic acids is 2. The summed E-state index contributed by atoms with van der Waals surface area (Å²) >= 11 is 6.32. The van der Waals surface area contributed by atoms with Crippen LogP contribution in [0.5, 0.6) is 0 Å². The Morgan fingerprint density at radius 2 is 1.86 bits per heavy atom. The van der Waals surface area contributed by atoms with Gasteiger partial charge < -0.3 is 9.47 Å². The molecule has 0 spiro atoms. The van der Waals surface area contributed by atoms with Gasteiger partial charge in [0.25, 0.3) is 5.69 Å². The summed E-state index contributed by atoms with van der Waals surface area (Å²) in [6.45, 7) is 6.84. The predicted molar refractivity (Wildman–Crippen MR) is 103 cm³/mol. The molecule has 1 aliphatic rings. The van der Waals surface area contributed by atoms with E-state index in [0.29, 0.717) is 11.4 Å². The first kappa shape index (κ1) is 21.6. The quantitative estimate of drug-likeness (QED) is 0.402. The van der Waals surface area contributed by atoms with Gasteiger partial charge in [-0.25, -0.2) is 4.79 Å². The second kappa shape index (κ2) is 8.97. The van der Waals surface area contributed by atoms with Crippen molar-refractivity contribution in [1.82, 2.24) is 0 Å². The van der Waals surface area contributed by atoms with Crippen molar-refractivity contribution in [1.29, 1.82) is 0 Å². The summed E-state index contributed by atoms with van der Waals surface area (Å²) in [6, 6.07) is 4.27. The maximum Gasteiger partial charge on any atom is 0.336 e. The highest BCUT2D eigenvalue weighted by Crippen LogP contribution is 2.44. The number of benzene rings is 1. The molecule has 28 heavy (non-hydrogen) atoms. The van der Waals surface area contributed by atoms with E-state index in [1.165, 1.54) is 12.1 Å². The van der Waals surface area contributed by atoms with Gasteiger partial charge >= 0.3 is 11.9 Å². The van der Waals surface area contributed by atoms with Crippen molar-refractivity contribution in [3.63, 3.8) is 0 Å². The SMILES string of the molecule is CCOC(=O)C1=C(C)N=C(C)C(C(=O)OCC)C1c1cccc([N+](=O)[O-])c1Cl. The van der Waals surface area contributed by atoms with E-state index < -0.39 is 28.7 Å². The van der Waals surface area contributed by atoms with Gasteiger partial charge in [-0.3, -0.25) is 19.9 Å². The van der Waals surface area contributed by atoms with Crippen LogP contribution in [0.1, 0.15) is 39.2 Å². The van der Waals surface area contributed by atoms with Gasteiger partial charge in [0.1, 0.15) is 10.9 Å². The van der Waals surface area contributed by atoms with Crippen LogP contribution in [0.4, 0.5) is 5.69 Å². The molecule has 0 saturated heterocycles. The normalized spacial score (nSPS) is 19.1. The first-order valence-corrected chi connectivity index (χ1v) is 9.14. The van der Waals surface area contributed by atoms with Crippen molar-refractivity contribution in [3.8, 4) is 0 Å². The molecule has 0 bridgehead atoms. The Balaban J connectivity index is 2.75. The second-order valence-electron chi connectivity index (χ2n) is 6.12.